The van der Waals surface area contributed by atoms with Crippen LogP contribution < -0.4 is 0 Å². The van der Waals surface area contributed by atoms with Crippen LogP contribution in [0.2, 0.25) is 0 Å². The van der Waals surface area contributed by atoms with E-state index < -0.39 is 11.6 Å². The fourth-order valence-electron chi connectivity index (χ4n) is 1.32. The fraction of sp³-hybridized carbons (Fsp3) is 0. The Hall–Kier alpha value is -1.54. The number of hydrogen-bond acceptors (Lipinski definition) is 4. The molecule has 0 amide bonds. The SMILES string of the molecule is Oc1cc(Br)c(F)cc1N=Nc1cc(F)c(Br)cc1O. The summed E-state index contributed by atoms with van der Waals surface area (Å²) in [6.45, 7) is 0. The van der Waals surface area contributed by atoms with Crippen LogP contribution in [-0.2, 0) is 0 Å². The van der Waals surface area contributed by atoms with Gasteiger partial charge in [-0.15, -0.1) is 10.2 Å². The molecule has 2 N–H and O–H groups in total. The molecule has 20 heavy (non-hydrogen) atoms. The Kier molecular flexibility index (Phi) is 4.34. The molecule has 2 aromatic rings. The zero-order valence-corrected chi connectivity index (χ0v) is 12.8. The molecule has 2 aromatic carbocycles. The molecule has 0 fully saturated rings. The van der Waals surface area contributed by atoms with E-state index in [4.69, 9.17) is 0 Å². The van der Waals surface area contributed by atoms with Gasteiger partial charge in [-0.2, -0.15) is 0 Å². The molecule has 0 saturated heterocycles. The molecule has 0 radical (unpaired) electrons. The standard InChI is InChI=1S/C12H6Br2F2N2O2/c13-5-1-11(19)9(3-7(5)15)17-18-10-4-8(16)6(14)2-12(10)20/h1-4,19-20H. The number of halogens is 4. The van der Waals surface area contributed by atoms with Crippen molar-refractivity contribution in [2.24, 2.45) is 10.2 Å². The van der Waals surface area contributed by atoms with Crippen LogP contribution in [0, 0.1) is 11.6 Å². The number of rotatable bonds is 2. The van der Waals surface area contributed by atoms with Crippen LogP contribution in [0.3, 0.4) is 0 Å². The summed E-state index contributed by atoms with van der Waals surface area (Å²) in [5, 5.41) is 26.3. The lowest BCUT2D eigenvalue weighted by Gasteiger charge is -2.02. The number of hydrogen-bond donors (Lipinski definition) is 2. The number of benzene rings is 2. The molecule has 0 saturated carbocycles. The van der Waals surface area contributed by atoms with Crippen LogP contribution in [0.25, 0.3) is 0 Å². The van der Waals surface area contributed by atoms with Gasteiger partial charge >= 0.3 is 0 Å². The van der Waals surface area contributed by atoms with Crippen LogP contribution in [-0.4, -0.2) is 10.2 Å². The summed E-state index contributed by atoms with van der Waals surface area (Å²) >= 11 is 5.81. The lowest BCUT2D eigenvalue weighted by Crippen LogP contribution is -1.79. The van der Waals surface area contributed by atoms with E-state index in [1.807, 2.05) is 0 Å². The molecule has 104 valence electrons. The molecule has 0 heterocycles. The summed E-state index contributed by atoms with van der Waals surface area (Å²) in [6.07, 6.45) is 0. The predicted molar refractivity (Wildman–Crippen MR) is 75.7 cm³/mol. The first-order chi connectivity index (χ1) is 9.38. The minimum Gasteiger partial charge on any atom is -0.506 e. The van der Waals surface area contributed by atoms with Crippen molar-refractivity contribution in [2.75, 3.05) is 0 Å². The van der Waals surface area contributed by atoms with Gasteiger partial charge in [0.1, 0.15) is 34.5 Å². The molecule has 2 rings (SSSR count). The van der Waals surface area contributed by atoms with Crippen LogP contribution >= 0.6 is 31.9 Å². The van der Waals surface area contributed by atoms with Crippen molar-refractivity contribution in [2.45, 2.75) is 0 Å². The molecule has 8 heteroatoms. The van der Waals surface area contributed by atoms with Crippen LogP contribution in [0.5, 0.6) is 11.5 Å². The van der Waals surface area contributed by atoms with Gasteiger partial charge < -0.3 is 10.2 Å². The Labute approximate surface area is 129 Å². The van der Waals surface area contributed by atoms with Crippen molar-refractivity contribution in [1.82, 2.24) is 0 Å². The van der Waals surface area contributed by atoms with Gasteiger partial charge in [-0.25, -0.2) is 8.78 Å². The van der Waals surface area contributed by atoms with E-state index in [1.165, 1.54) is 0 Å². The maximum Gasteiger partial charge on any atom is 0.144 e. The van der Waals surface area contributed by atoms with Crippen LogP contribution in [0.4, 0.5) is 20.2 Å². The second-order valence-electron chi connectivity index (χ2n) is 3.71. The van der Waals surface area contributed by atoms with Gasteiger partial charge in [0.2, 0.25) is 0 Å². The lowest BCUT2D eigenvalue weighted by molar-refractivity contribution is 0.471. The van der Waals surface area contributed by atoms with E-state index in [2.05, 4.69) is 42.1 Å². The Morgan fingerprint density at radius 3 is 1.45 bits per heavy atom. The average molecular weight is 408 g/mol. The third-order valence-electron chi connectivity index (χ3n) is 2.30. The third kappa shape index (κ3) is 3.13. The van der Waals surface area contributed by atoms with Crippen molar-refractivity contribution in [3.63, 3.8) is 0 Å². The van der Waals surface area contributed by atoms with E-state index >= 15 is 0 Å². The molecule has 0 atom stereocenters. The molecule has 0 aliphatic carbocycles. The second-order valence-corrected chi connectivity index (χ2v) is 5.42. The first-order valence-corrected chi connectivity index (χ1v) is 6.75. The number of phenolic OH excluding ortho intramolecular Hbond substituents is 2. The molecule has 0 spiro atoms. The topological polar surface area (TPSA) is 65.2 Å². The monoisotopic (exact) mass is 406 g/mol. The summed E-state index contributed by atoms with van der Waals surface area (Å²) in [5.41, 5.74) is -0.290. The lowest BCUT2D eigenvalue weighted by atomic mass is 10.3. The summed E-state index contributed by atoms with van der Waals surface area (Å²) in [5.74, 6) is -1.89. The van der Waals surface area contributed by atoms with Gasteiger partial charge in [0, 0.05) is 12.1 Å². The van der Waals surface area contributed by atoms with E-state index in [0.717, 1.165) is 24.3 Å². The molecule has 0 unspecified atom stereocenters. The van der Waals surface area contributed by atoms with Crippen LogP contribution in [0.15, 0.2) is 43.4 Å². The number of nitrogens with zero attached hydrogens (tertiary/aromatic N) is 2. The molecule has 4 nitrogen and oxygen atoms in total. The van der Waals surface area contributed by atoms with E-state index in [1.54, 1.807) is 0 Å². The Bertz CT molecular complexity index is 649. The van der Waals surface area contributed by atoms with E-state index in [9.17, 15) is 19.0 Å². The summed E-state index contributed by atoms with van der Waals surface area (Å²) < 4.78 is 26.8. The fourth-order valence-corrected chi connectivity index (χ4v) is 1.98. The average Bonchev–Trinajstić information content (AvgIpc) is 2.37. The molecule has 0 aliphatic rings. The zero-order valence-electron chi connectivity index (χ0n) is 9.61. The van der Waals surface area contributed by atoms with E-state index in [0.29, 0.717) is 0 Å². The Morgan fingerprint density at radius 1 is 0.750 bits per heavy atom. The second kappa shape index (κ2) is 5.84. The summed E-state index contributed by atoms with van der Waals surface area (Å²) in [6, 6.07) is 4.14. The van der Waals surface area contributed by atoms with Crippen molar-refractivity contribution in [3.05, 3.63) is 44.8 Å². The highest BCUT2D eigenvalue weighted by molar-refractivity contribution is 9.10. The molecule has 0 bridgehead atoms. The van der Waals surface area contributed by atoms with E-state index in [-0.39, 0.29) is 31.8 Å². The third-order valence-corrected chi connectivity index (χ3v) is 3.52. The van der Waals surface area contributed by atoms with Gasteiger partial charge in [-0.3, -0.25) is 0 Å². The number of azo groups is 1. The van der Waals surface area contributed by atoms with Crippen molar-refractivity contribution < 1.29 is 19.0 Å². The maximum atomic E-state index is 13.3. The quantitative estimate of drug-likeness (QED) is 0.662. The maximum absolute atomic E-state index is 13.3. The van der Waals surface area contributed by atoms with Gasteiger partial charge in [0.25, 0.3) is 0 Å². The zero-order chi connectivity index (χ0) is 14.9. The van der Waals surface area contributed by atoms with Crippen molar-refractivity contribution >= 4 is 43.2 Å². The normalized spacial score (nSPS) is 11.2. The highest BCUT2D eigenvalue weighted by atomic mass is 79.9. The predicted octanol–water partition coefficient (Wildman–Crippen LogP) is 5.32. The number of phenols is 2. The first-order valence-electron chi connectivity index (χ1n) is 5.16. The molecular weight excluding hydrogens is 402 g/mol. The van der Waals surface area contributed by atoms with Gasteiger partial charge in [-0.05, 0) is 44.0 Å². The number of aromatic hydroxyl groups is 2. The Balaban J connectivity index is 2.39. The minimum absolute atomic E-state index is 0.0754. The highest BCUT2D eigenvalue weighted by Gasteiger charge is 2.09. The van der Waals surface area contributed by atoms with Crippen molar-refractivity contribution in [1.29, 1.82) is 0 Å². The summed E-state index contributed by atoms with van der Waals surface area (Å²) in [7, 11) is 0. The largest absolute Gasteiger partial charge is 0.506 e. The van der Waals surface area contributed by atoms with Gasteiger partial charge in [-0.1, -0.05) is 0 Å². The van der Waals surface area contributed by atoms with Gasteiger partial charge in [0.15, 0.2) is 0 Å². The smallest absolute Gasteiger partial charge is 0.144 e. The minimum atomic E-state index is -0.636. The first kappa shape index (κ1) is 14.9. The molecular formula is C12H6Br2F2N2O2. The van der Waals surface area contributed by atoms with Gasteiger partial charge in [0.05, 0.1) is 8.95 Å². The Morgan fingerprint density at radius 2 is 1.10 bits per heavy atom. The highest BCUT2D eigenvalue weighted by Crippen LogP contribution is 2.36. The van der Waals surface area contributed by atoms with Crippen LogP contribution in [0.1, 0.15) is 0 Å². The van der Waals surface area contributed by atoms with Crippen molar-refractivity contribution in [3.8, 4) is 11.5 Å². The molecule has 0 aromatic heterocycles. The molecule has 0 aliphatic heterocycles. The summed E-state index contributed by atoms with van der Waals surface area (Å²) in [4.78, 5) is 0.